The predicted octanol–water partition coefficient (Wildman–Crippen LogP) is 4.34. The minimum absolute atomic E-state index is 0.0565. The van der Waals surface area contributed by atoms with E-state index in [-0.39, 0.29) is 34.4 Å². The second kappa shape index (κ2) is 8.96. The van der Waals surface area contributed by atoms with E-state index in [4.69, 9.17) is 11.6 Å². The lowest BCUT2D eigenvalue weighted by Crippen LogP contribution is -2.31. The predicted molar refractivity (Wildman–Crippen MR) is 116 cm³/mol. The van der Waals surface area contributed by atoms with Crippen molar-refractivity contribution in [2.75, 3.05) is 5.32 Å². The van der Waals surface area contributed by atoms with E-state index in [0.29, 0.717) is 16.6 Å². The van der Waals surface area contributed by atoms with E-state index in [9.17, 15) is 18.1 Å². The molecule has 0 spiro atoms. The number of benzene rings is 2. The molecule has 6 nitrogen and oxygen atoms in total. The number of anilines is 1. The van der Waals surface area contributed by atoms with Crippen LogP contribution in [-0.2, 0) is 22.3 Å². The zero-order valence-corrected chi connectivity index (χ0v) is 18.0. The molecule has 156 valence electrons. The Hall–Kier alpha value is -2.73. The lowest BCUT2D eigenvalue weighted by Gasteiger charge is -2.16. The van der Waals surface area contributed by atoms with Crippen LogP contribution in [0.1, 0.15) is 30.5 Å². The number of sulfonamides is 1. The highest BCUT2D eigenvalue weighted by Crippen LogP contribution is 2.33. The van der Waals surface area contributed by atoms with Crippen molar-refractivity contribution in [3.63, 3.8) is 0 Å². The van der Waals surface area contributed by atoms with Gasteiger partial charge in [0.2, 0.25) is 10.0 Å². The van der Waals surface area contributed by atoms with Gasteiger partial charge in [0.25, 0.3) is 0 Å². The van der Waals surface area contributed by atoms with Crippen LogP contribution in [0, 0.1) is 17.1 Å². The standard InChI is InChI=1S/C21H20ClFN4O2S/c1-13(2)27-30(28,29)12-15-6-4-3-5-14(15)10-25-20-16(9-24)11-26-21-18(23)8-7-17(22)19(20)21/h3-8,11,13,27H,10,12H2,1-2H3,(H,25,26). The van der Waals surface area contributed by atoms with Crippen LogP contribution in [0.15, 0.2) is 42.6 Å². The summed E-state index contributed by atoms with van der Waals surface area (Å²) in [5.41, 5.74) is 1.97. The molecule has 30 heavy (non-hydrogen) atoms. The zero-order valence-electron chi connectivity index (χ0n) is 16.4. The van der Waals surface area contributed by atoms with Crippen molar-refractivity contribution < 1.29 is 12.8 Å². The van der Waals surface area contributed by atoms with Gasteiger partial charge in [-0.15, -0.1) is 0 Å². The molecule has 1 heterocycles. The lowest BCUT2D eigenvalue weighted by atomic mass is 10.1. The maximum Gasteiger partial charge on any atom is 0.216 e. The highest BCUT2D eigenvalue weighted by Gasteiger charge is 2.17. The Balaban J connectivity index is 1.97. The van der Waals surface area contributed by atoms with Crippen molar-refractivity contribution >= 4 is 38.2 Å². The fourth-order valence-corrected chi connectivity index (χ4v) is 4.90. The van der Waals surface area contributed by atoms with Crippen molar-refractivity contribution in [2.24, 2.45) is 0 Å². The summed E-state index contributed by atoms with van der Waals surface area (Å²) in [7, 11) is -3.51. The second-order valence-electron chi connectivity index (χ2n) is 7.07. The molecular formula is C21H20ClFN4O2S. The van der Waals surface area contributed by atoms with Crippen LogP contribution in [0.5, 0.6) is 0 Å². The summed E-state index contributed by atoms with van der Waals surface area (Å²) in [5, 5.41) is 13.2. The first kappa shape index (κ1) is 22.0. The molecule has 0 bridgehead atoms. The van der Waals surface area contributed by atoms with E-state index < -0.39 is 15.8 Å². The maximum absolute atomic E-state index is 14.2. The number of nitriles is 1. The number of hydrogen-bond donors (Lipinski definition) is 2. The van der Waals surface area contributed by atoms with Crippen LogP contribution in [0.25, 0.3) is 10.9 Å². The monoisotopic (exact) mass is 446 g/mol. The highest BCUT2D eigenvalue weighted by atomic mass is 35.5. The largest absolute Gasteiger partial charge is 0.379 e. The Morgan fingerprint density at radius 2 is 1.90 bits per heavy atom. The van der Waals surface area contributed by atoms with E-state index in [2.05, 4.69) is 15.0 Å². The van der Waals surface area contributed by atoms with E-state index >= 15 is 0 Å². The normalized spacial score (nSPS) is 11.6. The quantitative estimate of drug-likeness (QED) is 0.563. The molecule has 0 saturated carbocycles. The molecule has 0 aliphatic carbocycles. The number of nitrogens with one attached hydrogen (secondary N) is 2. The molecule has 0 aliphatic heterocycles. The van der Waals surface area contributed by atoms with E-state index in [0.717, 1.165) is 5.56 Å². The summed E-state index contributed by atoms with van der Waals surface area (Å²) in [6, 6.07) is 11.5. The molecule has 0 radical (unpaired) electrons. The van der Waals surface area contributed by atoms with Crippen LogP contribution in [0.4, 0.5) is 10.1 Å². The van der Waals surface area contributed by atoms with Gasteiger partial charge in [-0.1, -0.05) is 35.9 Å². The average Bonchev–Trinajstić information content (AvgIpc) is 2.68. The number of fused-ring (bicyclic) bond motifs is 1. The minimum atomic E-state index is -3.51. The molecule has 0 fully saturated rings. The summed E-state index contributed by atoms with van der Waals surface area (Å²) in [5.74, 6) is -0.728. The van der Waals surface area contributed by atoms with Gasteiger partial charge in [0, 0.05) is 24.2 Å². The number of pyridine rings is 1. The molecular weight excluding hydrogens is 427 g/mol. The van der Waals surface area contributed by atoms with E-state index in [1.807, 2.05) is 6.07 Å². The lowest BCUT2D eigenvalue weighted by molar-refractivity contribution is 0.569. The SMILES string of the molecule is CC(C)NS(=O)(=O)Cc1ccccc1CNc1c(C#N)cnc2c(F)ccc(Cl)c12. The van der Waals surface area contributed by atoms with Crippen molar-refractivity contribution in [1.82, 2.24) is 9.71 Å². The highest BCUT2D eigenvalue weighted by molar-refractivity contribution is 7.88. The Labute approximate surface area is 179 Å². The Morgan fingerprint density at radius 3 is 2.57 bits per heavy atom. The number of nitrogens with zero attached hydrogens (tertiary/aromatic N) is 2. The van der Waals surface area contributed by atoms with Crippen LogP contribution < -0.4 is 10.0 Å². The van der Waals surface area contributed by atoms with Gasteiger partial charge < -0.3 is 5.32 Å². The maximum atomic E-state index is 14.2. The molecule has 0 unspecified atom stereocenters. The fraction of sp³-hybridized carbons (Fsp3) is 0.238. The zero-order chi connectivity index (χ0) is 21.9. The van der Waals surface area contributed by atoms with Gasteiger partial charge in [0.1, 0.15) is 17.4 Å². The van der Waals surface area contributed by atoms with E-state index in [1.54, 1.807) is 38.1 Å². The van der Waals surface area contributed by atoms with Gasteiger partial charge in [-0.2, -0.15) is 5.26 Å². The number of hydrogen-bond acceptors (Lipinski definition) is 5. The Morgan fingerprint density at radius 1 is 1.20 bits per heavy atom. The summed E-state index contributed by atoms with van der Waals surface area (Å²) >= 11 is 6.27. The average molecular weight is 447 g/mol. The third kappa shape index (κ3) is 4.87. The summed E-state index contributed by atoms with van der Waals surface area (Å²) < 4.78 is 41.5. The number of halogens is 2. The molecule has 0 amide bonds. The van der Waals surface area contributed by atoms with Crippen molar-refractivity contribution in [3.8, 4) is 6.07 Å². The van der Waals surface area contributed by atoms with Gasteiger partial charge >= 0.3 is 0 Å². The van der Waals surface area contributed by atoms with Gasteiger partial charge in [-0.25, -0.2) is 17.5 Å². The summed E-state index contributed by atoms with van der Waals surface area (Å²) in [6.07, 6.45) is 1.28. The molecule has 2 N–H and O–H groups in total. The first-order valence-electron chi connectivity index (χ1n) is 9.19. The van der Waals surface area contributed by atoms with Crippen LogP contribution in [-0.4, -0.2) is 19.4 Å². The summed E-state index contributed by atoms with van der Waals surface area (Å²) in [4.78, 5) is 4.01. The minimum Gasteiger partial charge on any atom is -0.379 e. The smallest absolute Gasteiger partial charge is 0.216 e. The third-order valence-electron chi connectivity index (χ3n) is 4.38. The van der Waals surface area contributed by atoms with Gasteiger partial charge in [-0.3, -0.25) is 4.98 Å². The van der Waals surface area contributed by atoms with Crippen molar-refractivity contribution in [3.05, 3.63) is 70.1 Å². The van der Waals surface area contributed by atoms with Gasteiger partial charge in [-0.05, 0) is 37.1 Å². The first-order valence-corrected chi connectivity index (χ1v) is 11.2. The second-order valence-corrected chi connectivity index (χ2v) is 9.23. The molecule has 2 aromatic carbocycles. The first-order chi connectivity index (χ1) is 14.2. The molecule has 3 aromatic rings. The molecule has 0 saturated heterocycles. The van der Waals surface area contributed by atoms with Crippen LogP contribution in [0.3, 0.4) is 0 Å². The third-order valence-corrected chi connectivity index (χ3v) is 6.21. The molecule has 9 heteroatoms. The van der Waals surface area contributed by atoms with E-state index in [1.165, 1.54) is 18.3 Å². The van der Waals surface area contributed by atoms with Crippen molar-refractivity contribution in [2.45, 2.75) is 32.2 Å². The molecule has 3 rings (SSSR count). The van der Waals surface area contributed by atoms with Gasteiger partial charge in [0.05, 0.1) is 22.0 Å². The van der Waals surface area contributed by atoms with Gasteiger partial charge in [0.15, 0.2) is 0 Å². The number of rotatable bonds is 7. The topological polar surface area (TPSA) is 94.9 Å². The van der Waals surface area contributed by atoms with Crippen LogP contribution in [0.2, 0.25) is 5.02 Å². The van der Waals surface area contributed by atoms with Crippen LogP contribution >= 0.6 is 11.6 Å². The number of aromatic nitrogens is 1. The molecule has 0 atom stereocenters. The molecule has 1 aromatic heterocycles. The Kier molecular flexibility index (Phi) is 6.56. The van der Waals surface area contributed by atoms with Crippen molar-refractivity contribution in [1.29, 1.82) is 5.26 Å². The summed E-state index contributed by atoms with van der Waals surface area (Å²) in [6.45, 7) is 3.73. The molecule has 0 aliphatic rings. The Bertz CT molecular complexity index is 1240. The fourth-order valence-electron chi connectivity index (χ4n) is 3.16.